The Labute approximate surface area is 73.9 Å². The molecule has 0 amide bonds. The summed E-state index contributed by atoms with van der Waals surface area (Å²) in [7, 11) is 0. The first-order chi connectivity index (χ1) is 5.75. The van der Waals surface area contributed by atoms with Crippen LogP contribution in [-0.2, 0) is 0 Å². The summed E-state index contributed by atoms with van der Waals surface area (Å²) in [5, 5.41) is 0. The van der Waals surface area contributed by atoms with Crippen LogP contribution in [0.3, 0.4) is 0 Å². The van der Waals surface area contributed by atoms with E-state index in [0.717, 1.165) is 13.0 Å². The SMILES string of the molecule is CC(N)C1CCCCN1CCF. The summed E-state index contributed by atoms with van der Waals surface area (Å²) in [6.45, 7) is 3.35. The Morgan fingerprint density at radius 2 is 2.33 bits per heavy atom. The zero-order valence-corrected chi connectivity index (χ0v) is 7.80. The second kappa shape index (κ2) is 4.77. The molecule has 72 valence electrons. The van der Waals surface area contributed by atoms with E-state index in [1.807, 2.05) is 6.92 Å². The largest absolute Gasteiger partial charge is 0.327 e. The first-order valence-electron chi connectivity index (χ1n) is 4.81. The van der Waals surface area contributed by atoms with Gasteiger partial charge in [0.25, 0.3) is 0 Å². The van der Waals surface area contributed by atoms with E-state index in [9.17, 15) is 4.39 Å². The summed E-state index contributed by atoms with van der Waals surface area (Å²) >= 11 is 0. The quantitative estimate of drug-likeness (QED) is 0.695. The maximum atomic E-state index is 12.1. The summed E-state index contributed by atoms with van der Waals surface area (Å²) in [4.78, 5) is 2.19. The Balaban J connectivity index is 2.42. The zero-order valence-electron chi connectivity index (χ0n) is 7.80. The van der Waals surface area contributed by atoms with Gasteiger partial charge in [0.2, 0.25) is 0 Å². The number of alkyl halides is 1. The number of nitrogens with zero attached hydrogens (tertiary/aromatic N) is 1. The average molecular weight is 174 g/mol. The lowest BCUT2D eigenvalue weighted by Crippen LogP contribution is -2.49. The average Bonchev–Trinajstić information content (AvgIpc) is 2.05. The Bertz CT molecular complexity index is 126. The fraction of sp³-hybridized carbons (Fsp3) is 1.00. The highest BCUT2D eigenvalue weighted by Crippen LogP contribution is 2.18. The van der Waals surface area contributed by atoms with Crippen LogP contribution in [0.25, 0.3) is 0 Å². The third-order valence-corrected chi connectivity index (χ3v) is 2.64. The van der Waals surface area contributed by atoms with Crippen LogP contribution in [0.2, 0.25) is 0 Å². The molecule has 2 N–H and O–H groups in total. The predicted molar refractivity (Wildman–Crippen MR) is 48.8 cm³/mol. The monoisotopic (exact) mass is 174 g/mol. The predicted octanol–water partition coefficient (Wildman–Crippen LogP) is 1.16. The van der Waals surface area contributed by atoms with Gasteiger partial charge in [0.15, 0.2) is 0 Å². The molecule has 2 nitrogen and oxygen atoms in total. The molecule has 0 aromatic carbocycles. The fourth-order valence-corrected chi connectivity index (χ4v) is 2.00. The number of halogens is 1. The maximum absolute atomic E-state index is 12.1. The van der Waals surface area contributed by atoms with Crippen molar-refractivity contribution in [3.8, 4) is 0 Å². The van der Waals surface area contributed by atoms with Gasteiger partial charge in [-0.05, 0) is 26.3 Å². The smallest absolute Gasteiger partial charge is 0.102 e. The first kappa shape index (κ1) is 9.93. The molecule has 3 heteroatoms. The van der Waals surface area contributed by atoms with Crippen LogP contribution in [0.15, 0.2) is 0 Å². The standard InChI is InChI=1S/C9H19FN2/c1-8(11)9-4-2-3-6-12(9)7-5-10/h8-9H,2-7,11H2,1H3. The molecule has 1 aliphatic rings. The van der Waals surface area contributed by atoms with Crippen LogP contribution >= 0.6 is 0 Å². The molecule has 0 aromatic heterocycles. The number of hydrogen-bond acceptors (Lipinski definition) is 2. The van der Waals surface area contributed by atoms with Crippen LogP contribution in [0.1, 0.15) is 26.2 Å². The van der Waals surface area contributed by atoms with Gasteiger partial charge in [0.1, 0.15) is 6.67 Å². The number of likely N-dealkylation sites (tertiary alicyclic amines) is 1. The lowest BCUT2D eigenvalue weighted by molar-refractivity contribution is 0.122. The van der Waals surface area contributed by atoms with Crippen molar-refractivity contribution in [3.63, 3.8) is 0 Å². The Hall–Kier alpha value is -0.150. The number of hydrogen-bond donors (Lipinski definition) is 1. The van der Waals surface area contributed by atoms with E-state index in [1.165, 1.54) is 12.8 Å². The van der Waals surface area contributed by atoms with Crippen molar-refractivity contribution in [2.24, 2.45) is 5.73 Å². The van der Waals surface area contributed by atoms with Crippen LogP contribution in [0, 0.1) is 0 Å². The zero-order chi connectivity index (χ0) is 8.97. The summed E-state index contributed by atoms with van der Waals surface area (Å²) in [5.74, 6) is 0. The van der Waals surface area contributed by atoms with Gasteiger partial charge < -0.3 is 5.73 Å². The Morgan fingerprint density at radius 3 is 2.92 bits per heavy atom. The molecule has 0 spiro atoms. The third-order valence-electron chi connectivity index (χ3n) is 2.64. The molecule has 0 radical (unpaired) electrons. The van der Waals surface area contributed by atoms with E-state index < -0.39 is 0 Å². The van der Waals surface area contributed by atoms with Gasteiger partial charge >= 0.3 is 0 Å². The minimum Gasteiger partial charge on any atom is -0.327 e. The van der Waals surface area contributed by atoms with E-state index in [0.29, 0.717) is 12.6 Å². The molecule has 0 saturated carbocycles. The van der Waals surface area contributed by atoms with E-state index in [2.05, 4.69) is 4.90 Å². The number of nitrogens with two attached hydrogens (primary N) is 1. The minimum absolute atomic E-state index is 0.178. The molecule has 0 aromatic rings. The van der Waals surface area contributed by atoms with Crippen molar-refractivity contribution in [1.82, 2.24) is 4.90 Å². The fourth-order valence-electron chi connectivity index (χ4n) is 2.00. The van der Waals surface area contributed by atoms with Crippen LogP contribution < -0.4 is 5.73 Å². The molecule has 1 fully saturated rings. The molecule has 0 bridgehead atoms. The van der Waals surface area contributed by atoms with E-state index >= 15 is 0 Å². The summed E-state index contributed by atoms with van der Waals surface area (Å²) in [6, 6.07) is 0.589. The topological polar surface area (TPSA) is 29.3 Å². The highest BCUT2D eigenvalue weighted by atomic mass is 19.1. The normalized spacial score (nSPS) is 28.8. The van der Waals surface area contributed by atoms with Gasteiger partial charge in [0, 0.05) is 18.6 Å². The summed E-state index contributed by atoms with van der Waals surface area (Å²) in [6.07, 6.45) is 3.58. The van der Waals surface area contributed by atoms with Crippen molar-refractivity contribution in [3.05, 3.63) is 0 Å². The molecule has 1 heterocycles. The highest BCUT2D eigenvalue weighted by Gasteiger charge is 2.24. The van der Waals surface area contributed by atoms with Crippen molar-refractivity contribution in [2.45, 2.75) is 38.3 Å². The molecule has 2 unspecified atom stereocenters. The van der Waals surface area contributed by atoms with Gasteiger partial charge in [-0.3, -0.25) is 4.90 Å². The maximum Gasteiger partial charge on any atom is 0.102 e. The lowest BCUT2D eigenvalue weighted by atomic mass is 9.97. The van der Waals surface area contributed by atoms with E-state index in [1.54, 1.807) is 0 Å². The van der Waals surface area contributed by atoms with Gasteiger partial charge in [-0.1, -0.05) is 6.42 Å². The highest BCUT2D eigenvalue weighted by molar-refractivity contribution is 4.82. The Morgan fingerprint density at radius 1 is 1.58 bits per heavy atom. The molecule has 1 saturated heterocycles. The van der Waals surface area contributed by atoms with E-state index in [4.69, 9.17) is 5.73 Å². The minimum atomic E-state index is -0.247. The molecule has 1 rings (SSSR count). The summed E-state index contributed by atoms with van der Waals surface area (Å²) in [5.41, 5.74) is 5.82. The molecule has 0 aliphatic carbocycles. The molecular weight excluding hydrogens is 155 g/mol. The van der Waals surface area contributed by atoms with Gasteiger partial charge in [-0.25, -0.2) is 4.39 Å². The Kier molecular flexibility index (Phi) is 3.95. The van der Waals surface area contributed by atoms with Crippen LogP contribution in [0.4, 0.5) is 4.39 Å². The van der Waals surface area contributed by atoms with Crippen LogP contribution in [0.5, 0.6) is 0 Å². The van der Waals surface area contributed by atoms with Gasteiger partial charge in [0.05, 0.1) is 0 Å². The second-order valence-corrected chi connectivity index (χ2v) is 3.65. The third kappa shape index (κ3) is 2.42. The van der Waals surface area contributed by atoms with Crippen molar-refractivity contribution in [1.29, 1.82) is 0 Å². The van der Waals surface area contributed by atoms with Crippen LogP contribution in [-0.4, -0.2) is 36.7 Å². The van der Waals surface area contributed by atoms with Gasteiger partial charge in [-0.2, -0.15) is 0 Å². The van der Waals surface area contributed by atoms with Crippen molar-refractivity contribution < 1.29 is 4.39 Å². The first-order valence-corrected chi connectivity index (χ1v) is 4.81. The van der Waals surface area contributed by atoms with Crippen molar-refractivity contribution in [2.75, 3.05) is 19.8 Å². The van der Waals surface area contributed by atoms with E-state index in [-0.39, 0.29) is 12.7 Å². The molecule has 1 aliphatic heterocycles. The lowest BCUT2D eigenvalue weighted by Gasteiger charge is -2.37. The van der Waals surface area contributed by atoms with Gasteiger partial charge in [-0.15, -0.1) is 0 Å². The van der Waals surface area contributed by atoms with Crippen molar-refractivity contribution >= 4 is 0 Å². The second-order valence-electron chi connectivity index (χ2n) is 3.65. The number of rotatable bonds is 3. The molecular formula is C9H19FN2. The number of piperidine rings is 1. The summed E-state index contributed by atoms with van der Waals surface area (Å²) < 4.78 is 12.1. The molecule has 2 atom stereocenters. The molecule has 12 heavy (non-hydrogen) atoms.